The van der Waals surface area contributed by atoms with Crippen LogP contribution in [0.4, 0.5) is 17.3 Å². The molecular formula is C11H11N7O3. The summed E-state index contributed by atoms with van der Waals surface area (Å²) < 4.78 is 0. The third-order valence-electron chi connectivity index (χ3n) is 2.47. The number of aromatic nitrogens is 2. The molecule has 21 heavy (non-hydrogen) atoms. The zero-order valence-electron chi connectivity index (χ0n) is 10.6. The monoisotopic (exact) mass is 289 g/mol. The average molecular weight is 289 g/mol. The zero-order chi connectivity index (χ0) is 15.2. The van der Waals surface area contributed by atoms with Gasteiger partial charge in [0.15, 0.2) is 0 Å². The van der Waals surface area contributed by atoms with Crippen LogP contribution in [0.3, 0.4) is 0 Å². The summed E-state index contributed by atoms with van der Waals surface area (Å²) in [4.78, 5) is 29.4. The summed E-state index contributed by atoms with van der Waals surface area (Å²) >= 11 is 0. The van der Waals surface area contributed by atoms with Crippen LogP contribution in [0.25, 0.3) is 0 Å². The van der Waals surface area contributed by atoms with Crippen LogP contribution in [0.15, 0.2) is 36.7 Å². The lowest BCUT2D eigenvalue weighted by Gasteiger charge is -2.09. The van der Waals surface area contributed by atoms with E-state index in [1.54, 1.807) is 30.3 Å². The maximum absolute atomic E-state index is 11.8. The number of rotatable bonds is 5. The maximum atomic E-state index is 11.8. The van der Waals surface area contributed by atoms with E-state index in [9.17, 15) is 14.9 Å². The third-order valence-corrected chi connectivity index (χ3v) is 2.47. The fourth-order valence-corrected chi connectivity index (χ4v) is 1.53. The second kappa shape index (κ2) is 6.25. The van der Waals surface area contributed by atoms with Crippen LogP contribution in [0, 0.1) is 10.1 Å². The van der Waals surface area contributed by atoms with Crippen LogP contribution >= 0.6 is 0 Å². The number of nitrogens with one attached hydrogen (secondary N) is 3. The first-order chi connectivity index (χ1) is 10.1. The molecule has 108 valence electrons. The molecule has 0 atom stereocenters. The average Bonchev–Trinajstić information content (AvgIpc) is 2.52. The molecule has 0 saturated heterocycles. The predicted molar refractivity (Wildman–Crippen MR) is 74.0 cm³/mol. The first kappa shape index (κ1) is 14.1. The van der Waals surface area contributed by atoms with Gasteiger partial charge in [0.05, 0.1) is 4.92 Å². The molecule has 0 aliphatic rings. The van der Waals surface area contributed by atoms with Crippen molar-refractivity contribution in [3.05, 3.63) is 52.3 Å². The number of anilines is 2. The van der Waals surface area contributed by atoms with Crippen molar-refractivity contribution in [2.24, 2.45) is 5.84 Å². The summed E-state index contributed by atoms with van der Waals surface area (Å²) in [6.07, 6.45) is 1.07. The van der Waals surface area contributed by atoms with Gasteiger partial charge in [0.2, 0.25) is 11.6 Å². The number of nitro groups is 1. The number of hydrogen-bond acceptors (Lipinski definition) is 8. The standard InChI is InChI=1S/C11H11N7O3/c12-15-9-8(18(20)21)10(14-6-13-9)16-17-11(19)7-4-2-1-3-5-7/h1-6H,12H2,(H,17,19)(H2,13,14,15,16). The Morgan fingerprint density at radius 1 is 1.19 bits per heavy atom. The van der Waals surface area contributed by atoms with E-state index < -0.39 is 16.5 Å². The van der Waals surface area contributed by atoms with E-state index in [-0.39, 0.29) is 11.6 Å². The number of nitrogen functional groups attached to an aromatic ring is 1. The normalized spacial score (nSPS) is 9.76. The minimum atomic E-state index is -0.716. The highest BCUT2D eigenvalue weighted by Gasteiger charge is 2.22. The van der Waals surface area contributed by atoms with Crippen LogP contribution in [0.2, 0.25) is 0 Å². The van der Waals surface area contributed by atoms with Gasteiger partial charge in [0, 0.05) is 5.56 Å². The largest absolute Gasteiger partial charge is 0.356 e. The first-order valence-corrected chi connectivity index (χ1v) is 5.71. The summed E-state index contributed by atoms with van der Waals surface area (Å²) in [5.41, 5.74) is 6.69. The Morgan fingerprint density at radius 2 is 1.86 bits per heavy atom. The number of nitrogens with zero attached hydrogens (tertiary/aromatic N) is 3. The number of hydrogen-bond donors (Lipinski definition) is 4. The Morgan fingerprint density at radius 3 is 2.48 bits per heavy atom. The molecule has 0 unspecified atom stereocenters. The summed E-state index contributed by atoms with van der Waals surface area (Å²) in [7, 11) is 0. The van der Waals surface area contributed by atoms with E-state index in [0.29, 0.717) is 5.56 Å². The minimum absolute atomic E-state index is 0.175. The second-order valence-electron chi connectivity index (χ2n) is 3.77. The maximum Gasteiger partial charge on any atom is 0.356 e. The van der Waals surface area contributed by atoms with Crippen LogP contribution in [0.1, 0.15) is 10.4 Å². The Bertz CT molecular complexity index is 662. The molecule has 5 N–H and O–H groups in total. The molecule has 10 nitrogen and oxygen atoms in total. The predicted octanol–water partition coefficient (Wildman–Crippen LogP) is 0.427. The quantitative estimate of drug-likeness (QED) is 0.351. The molecule has 2 rings (SSSR count). The topological polar surface area (TPSA) is 148 Å². The fourth-order valence-electron chi connectivity index (χ4n) is 1.53. The summed E-state index contributed by atoms with van der Waals surface area (Å²) in [5, 5.41) is 11.0. The summed E-state index contributed by atoms with van der Waals surface area (Å²) in [6, 6.07) is 8.34. The van der Waals surface area contributed by atoms with Gasteiger partial charge in [-0.2, -0.15) is 0 Å². The van der Waals surface area contributed by atoms with Gasteiger partial charge >= 0.3 is 5.69 Å². The molecule has 1 amide bonds. The Kier molecular flexibility index (Phi) is 4.21. The van der Waals surface area contributed by atoms with Crippen LogP contribution < -0.4 is 22.1 Å². The van der Waals surface area contributed by atoms with E-state index in [1.807, 2.05) is 0 Å². The van der Waals surface area contributed by atoms with Crippen molar-refractivity contribution in [2.75, 3.05) is 10.9 Å². The molecule has 1 heterocycles. The number of carbonyl (C=O) groups excluding carboxylic acids is 1. The van der Waals surface area contributed by atoms with Crippen molar-refractivity contribution in [1.29, 1.82) is 0 Å². The van der Waals surface area contributed by atoms with E-state index in [2.05, 4.69) is 26.2 Å². The van der Waals surface area contributed by atoms with Gasteiger partial charge in [-0.15, -0.1) is 0 Å². The Balaban J connectivity index is 2.17. The lowest BCUT2D eigenvalue weighted by Crippen LogP contribution is -2.30. The van der Waals surface area contributed by atoms with Crippen molar-refractivity contribution in [2.45, 2.75) is 0 Å². The van der Waals surface area contributed by atoms with E-state index in [4.69, 9.17) is 5.84 Å². The molecule has 0 spiro atoms. The highest BCUT2D eigenvalue weighted by Crippen LogP contribution is 2.27. The van der Waals surface area contributed by atoms with Gasteiger partial charge < -0.3 is 5.43 Å². The minimum Gasteiger partial charge on any atom is -0.303 e. The fraction of sp³-hybridized carbons (Fsp3) is 0. The van der Waals surface area contributed by atoms with E-state index in [1.165, 1.54) is 0 Å². The molecule has 0 aliphatic carbocycles. The number of hydrazine groups is 2. The first-order valence-electron chi connectivity index (χ1n) is 5.71. The highest BCUT2D eigenvalue weighted by molar-refractivity contribution is 5.95. The van der Waals surface area contributed by atoms with Crippen LogP contribution in [-0.4, -0.2) is 20.8 Å². The molecule has 0 radical (unpaired) electrons. The van der Waals surface area contributed by atoms with Crippen molar-refractivity contribution in [1.82, 2.24) is 15.4 Å². The van der Waals surface area contributed by atoms with E-state index in [0.717, 1.165) is 6.33 Å². The molecule has 10 heteroatoms. The Labute approximate surface area is 118 Å². The smallest absolute Gasteiger partial charge is 0.303 e. The van der Waals surface area contributed by atoms with Crippen molar-refractivity contribution in [3.8, 4) is 0 Å². The van der Waals surface area contributed by atoms with Crippen molar-refractivity contribution in [3.63, 3.8) is 0 Å². The van der Waals surface area contributed by atoms with Gasteiger partial charge in [0.25, 0.3) is 5.91 Å². The van der Waals surface area contributed by atoms with Crippen molar-refractivity contribution >= 4 is 23.2 Å². The molecular weight excluding hydrogens is 278 g/mol. The van der Waals surface area contributed by atoms with E-state index >= 15 is 0 Å². The molecule has 2 aromatic rings. The van der Waals surface area contributed by atoms with Gasteiger partial charge in [-0.1, -0.05) is 18.2 Å². The summed E-state index contributed by atoms with van der Waals surface area (Å²) in [5.74, 6) is 4.32. The molecule has 0 fully saturated rings. The zero-order valence-corrected chi connectivity index (χ0v) is 10.6. The van der Waals surface area contributed by atoms with Crippen LogP contribution in [0.5, 0.6) is 0 Å². The second-order valence-corrected chi connectivity index (χ2v) is 3.77. The lowest BCUT2D eigenvalue weighted by molar-refractivity contribution is -0.383. The van der Waals surface area contributed by atoms with Crippen molar-refractivity contribution < 1.29 is 9.72 Å². The molecule has 0 bridgehead atoms. The number of carbonyl (C=O) groups is 1. The number of nitrogens with two attached hydrogens (primary N) is 1. The SMILES string of the molecule is NNc1ncnc(NNC(=O)c2ccccc2)c1[N+](=O)[O-]. The highest BCUT2D eigenvalue weighted by atomic mass is 16.6. The Hall–Kier alpha value is -3.27. The number of amides is 1. The van der Waals surface area contributed by atoms with Gasteiger partial charge in [-0.25, -0.2) is 15.8 Å². The summed E-state index contributed by atoms with van der Waals surface area (Å²) in [6.45, 7) is 0. The van der Waals surface area contributed by atoms with Crippen LogP contribution in [-0.2, 0) is 0 Å². The lowest BCUT2D eigenvalue weighted by atomic mass is 10.2. The van der Waals surface area contributed by atoms with Gasteiger partial charge in [-0.3, -0.25) is 25.8 Å². The third kappa shape index (κ3) is 3.19. The number of benzene rings is 1. The molecule has 1 aromatic carbocycles. The molecule has 0 aliphatic heterocycles. The molecule has 1 aromatic heterocycles. The van der Waals surface area contributed by atoms with Gasteiger partial charge in [-0.05, 0) is 12.1 Å². The molecule has 0 saturated carbocycles. The van der Waals surface area contributed by atoms with Gasteiger partial charge in [0.1, 0.15) is 6.33 Å².